The van der Waals surface area contributed by atoms with Crippen LogP contribution in [-0.2, 0) is 7.05 Å². The highest BCUT2D eigenvalue weighted by atomic mass is 19.1. The van der Waals surface area contributed by atoms with Crippen LogP contribution in [0.3, 0.4) is 0 Å². The van der Waals surface area contributed by atoms with Gasteiger partial charge >= 0.3 is 0 Å². The predicted molar refractivity (Wildman–Crippen MR) is 59.4 cm³/mol. The standard InChI is InChI=1S/C11H12FN3O/c1-6-3-4-7(11(16)10(6)12)8-5-9(13)15(2)14-8/h3-5,16H,13H2,1-2H3. The van der Waals surface area contributed by atoms with E-state index in [-0.39, 0.29) is 0 Å². The van der Waals surface area contributed by atoms with E-state index < -0.39 is 11.6 Å². The Morgan fingerprint density at radius 3 is 2.69 bits per heavy atom. The fourth-order valence-electron chi connectivity index (χ4n) is 1.49. The number of nitrogens with zero attached hydrogens (tertiary/aromatic N) is 2. The normalized spacial score (nSPS) is 10.7. The van der Waals surface area contributed by atoms with Crippen molar-refractivity contribution in [2.24, 2.45) is 7.05 Å². The molecule has 2 aromatic rings. The van der Waals surface area contributed by atoms with Crippen LogP contribution in [0.1, 0.15) is 5.56 Å². The Morgan fingerprint density at radius 2 is 2.12 bits per heavy atom. The Labute approximate surface area is 92.1 Å². The number of rotatable bonds is 1. The zero-order valence-electron chi connectivity index (χ0n) is 9.03. The van der Waals surface area contributed by atoms with E-state index in [2.05, 4.69) is 5.10 Å². The van der Waals surface area contributed by atoms with E-state index in [4.69, 9.17) is 5.73 Å². The molecule has 16 heavy (non-hydrogen) atoms. The van der Waals surface area contributed by atoms with Gasteiger partial charge in [-0.1, -0.05) is 6.07 Å². The van der Waals surface area contributed by atoms with Gasteiger partial charge in [0.05, 0.1) is 5.69 Å². The molecule has 0 radical (unpaired) electrons. The van der Waals surface area contributed by atoms with Crippen molar-refractivity contribution in [3.63, 3.8) is 0 Å². The minimum Gasteiger partial charge on any atom is -0.504 e. The summed E-state index contributed by atoms with van der Waals surface area (Å²) >= 11 is 0. The molecule has 4 nitrogen and oxygen atoms in total. The van der Waals surface area contributed by atoms with Crippen molar-refractivity contribution in [3.05, 3.63) is 29.6 Å². The van der Waals surface area contributed by atoms with E-state index in [0.717, 1.165) is 0 Å². The minimum atomic E-state index is -0.623. The van der Waals surface area contributed by atoms with Crippen LogP contribution >= 0.6 is 0 Å². The summed E-state index contributed by atoms with van der Waals surface area (Å²) in [5, 5.41) is 13.7. The average molecular weight is 221 g/mol. The highest BCUT2D eigenvalue weighted by molar-refractivity contribution is 5.69. The highest BCUT2D eigenvalue weighted by Crippen LogP contribution is 2.32. The molecule has 84 valence electrons. The topological polar surface area (TPSA) is 64.1 Å². The number of aromatic nitrogens is 2. The third kappa shape index (κ3) is 1.50. The van der Waals surface area contributed by atoms with Crippen LogP contribution in [0.4, 0.5) is 10.2 Å². The first-order chi connectivity index (χ1) is 7.50. The van der Waals surface area contributed by atoms with E-state index in [1.807, 2.05) is 0 Å². The van der Waals surface area contributed by atoms with E-state index in [1.54, 1.807) is 32.2 Å². The van der Waals surface area contributed by atoms with Crippen molar-refractivity contribution >= 4 is 5.82 Å². The van der Waals surface area contributed by atoms with E-state index in [0.29, 0.717) is 22.6 Å². The number of hydrogen-bond donors (Lipinski definition) is 2. The zero-order valence-corrected chi connectivity index (χ0v) is 9.03. The molecule has 0 fully saturated rings. The lowest BCUT2D eigenvalue weighted by molar-refractivity contribution is 0.432. The minimum absolute atomic E-state index is 0.343. The van der Waals surface area contributed by atoms with Crippen LogP contribution in [0.5, 0.6) is 5.75 Å². The van der Waals surface area contributed by atoms with Gasteiger partial charge in [0.25, 0.3) is 0 Å². The summed E-state index contributed by atoms with van der Waals surface area (Å²) in [5.41, 5.74) is 6.81. The summed E-state index contributed by atoms with van der Waals surface area (Å²) in [6, 6.07) is 4.80. The molecule has 1 heterocycles. The molecule has 1 aromatic heterocycles. The van der Waals surface area contributed by atoms with E-state index in [1.165, 1.54) is 4.68 Å². The Bertz CT molecular complexity index is 529. The molecule has 2 rings (SSSR count). The second kappa shape index (κ2) is 3.52. The number of aryl methyl sites for hydroxylation is 2. The van der Waals surface area contributed by atoms with Crippen molar-refractivity contribution in [2.75, 3.05) is 5.73 Å². The predicted octanol–water partition coefficient (Wildman–Crippen LogP) is 1.82. The van der Waals surface area contributed by atoms with Crippen LogP contribution in [0.25, 0.3) is 11.3 Å². The second-order valence-electron chi connectivity index (χ2n) is 3.67. The summed E-state index contributed by atoms with van der Waals surface area (Å²) in [4.78, 5) is 0. The smallest absolute Gasteiger partial charge is 0.168 e. The number of nitrogen functional groups attached to an aromatic ring is 1. The maximum atomic E-state index is 13.5. The summed E-state index contributed by atoms with van der Waals surface area (Å²) in [5.74, 6) is -0.560. The van der Waals surface area contributed by atoms with Crippen LogP contribution in [0.2, 0.25) is 0 Å². The summed E-state index contributed by atoms with van der Waals surface area (Å²) in [7, 11) is 1.68. The first-order valence-corrected chi connectivity index (χ1v) is 4.78. The first-order valence-electron chi connectivity index (χ1n) is 4.78. The Hall–Kier alpha value is -2.04. The molecule has 0 saturated heterocycles. The van der Waals surface area contributed by atoms with Crippen LogP contribution in [-0.4, -0.2) is 14.9 Å². The van der Waals surface area contributed by atoms with Crippen molar-refractivity contribution in [3.8, 4) is 17.0 Å². The summed E-state index contributed by atoms with van der Waals surface area (Å²) in [6.07, 6.45) is 0. The van der Waals surface area contributed by atoms with Gasteiger partial charge in [0.2, 0.25) is 0 Å². The number of phenolic OH excluding ortho intramolecular Hbond substituents is 1. The third-order valence-corrected chi connectivity index (χ3v) is 2.50. The molecule has 0 aliphatic heterocycles. The lowest BCUT2D eigenvalue weighted by Crippen LogP contribution is -1.96. The second-order valence-corrected chi connectivity index (χ2v) is 3.67. The molecule has 3 N–H and O–H groups in total. The fourth-order valence-corrected chi connectivity index (χ4v) is 1.49. The molecule has 5 heteroatoms. The van der Waals surface area contributed by atoms with Gasteiger partial charge in [-0.3, -0.25) is 4.68 Å². The van der Waals surface area contributed by atoms with Crippen molar-refractivity contribution in [1.29, 1.82) is 0 Å². The largest absolute Gasteiger partial charge is 0.504 e. The number of aromatic hydroxyl groups is 1. The maximum Gasteiger partial charge on any atom is 0.168 e. The Morgan fingerprint density at radius 1 is 1.44 bits per heavy atom. The number of nitrogens with two attached hydrogens (primary N) is 1. The highest BCUT2D eigenvalue weighted by Gasteiger charge is 2.14. The monoisotopic (exact) mass is 221 g/mol. The number of hydrogen-bond acceptors (Lipinski definition) is 3. The Balaban J connectivity index is 2.61. The SMILES string of the molecule is Cc1ccc(-c2cc(N)n(C)n2)c(O)c1F. The van der Waals surface area contributed by atoms with Gasteiger partial charge in [0, 0.05) is 18.7 Å². The van der Waals surface area contributed by atoms with Gasteiger partial charge in [-0.05, 0) is 18.6 Å². The molecule has 0 bridgehead atoms. The van der Waals surface area contributed by atoms with Gasteiger partial charge in [-0.15, -0.1) is 0 Å². The molecule has 0 aliphatic rings. The van der Waals surface area contributed by atoms with Gasteiger partial charge < -0.3 is 10.8 Å². The average Bonchev–Trinajstić information content (AvgIpc) is 2.56. The number of halogens is 1. The van der Waals surface area contributed by atoms with Crippen LogP contribution in [0, 0.1) is 12.7 Å². The molecule has 0 amide bonds. The molecule has 0 saturated carbocycles. The molecule has 1 aromatic carbocycles. The number of benzene rings is 1. The van der Waals surface area contributed by atoms with Gasteiger partial charge in [0.1, 0.15) is 5.82 Å². The van der Waals surface area contributed by atoms with Crippen molar-refractivity contribution in [1.82, 2.24) is 9.78 Å². The number of anilines is 1. The van der Waals surface area contributed by atoms with Crippen molar-refractivity contribution < 1.29 is 9.50 Å². The summed E-state index contributed by atoms with van der Waals surface area (Å²) in [6.45, 7) is 1.59. The maximum absolute atomic E-state index is 13.5. The zero-order chi connectivity index (χ0) is 11.9. The van der Waals surface area contributed by atoms with E-state index in [9.17, 15) is 9.50 Å². The fraction of sp³-hybridized carbons (Fsp3) is 0.182. The van der Waals surface area contributed by atoms with Crippen molar-refractivity contribution in [2.45, 2.75) is 6.92 Å². The lowest BCUT2D eigenvalue weighted by atomic mass is 10.1. The summed E-state index contributed by atoms with van der Waals surface area (Å²) < 4.78 is 14.9. The third-order valence-electron chi connectivity index (χ3n) is 2.50. The molecular weight excluding hydrogens is 209 g/mol. The van der Waals surface area contributed by atoms with Gasteiger partial charge in [-0.2, -0.15) is 5.10 Å². The molecular formula is C11H12FN3O. The first kappa shape index (κ1) is 10.5. The van der Waals surface area contributed by atoms with Gasteiger partial charge in [-0.25, -0.2) is 4.39 Å². The molecule has 0 atom stereocenters. The van der Waals surface area contributed by atoms with Crippen LogP contribution in [0.15, 0.2) is 18.2 Å². The van der Waals surface area contributed by atoms with Crippen LogP contribution < -0.4 is 5.73 Å². The Kier molecular flexibility index (Phi) is 2.30. The number of phenols is 1. The van der Waals surface area contributed by atoms with E-state index >= 15 is 0 Å². The quantitative estimate of drug-likeness (QED) is 0.772. The molecule has 0 unspecified atom stereocenters. The molecule has 0 aliphatic carbocycles. The molecule has 0 spiro atoms. The van der Waals surface area contributed by atoms with Gasteiger partial charge in [0.15, 0.2) is 11.6 Å². The lowest BCUT2D eigenvalue weighted by Gasteiger charge is -2.04.